The van der Waals surface area contributed by atoms with Crippen LogP contribution in [0, 0.1) is 0 Å². The molecule has 2 aromatic rings. The van der Waals surface area contributed by atoms with E-state index in [2.05, 4.69) is 34.6 Å². The molecule has 1 N–H and O–H groups in total. The van der Waals surface area contributed by atoms with Crippen molar-refractivity contribution < 1.29 is 4.42 Å². The Labute approximate surface area is 94.5 Å². The molecule has 0 bridgehead atoms. The van der Waals surface area contributed by atoms with Gasteiger partial charge in [0.05, 0.1) is 12.7 Å². The highest BCUT2D eigenvalue weighted by molar-refractivity contribution is 5.33. The lowest BCUT2D eigenvalue weighted by Gasteiger charge is -2.09. The number of fused-ring (bicyclic) bond motifs is 1. The maximum Gasteiger partial charge on any atom is 0.180 e. The molecule has 0 saturated heterocycles. The van der Waals surface area contributed by atoms with Gasteiger partial charge in [0, 0.05) is 6.04 Å². The Kier molecular flexibility index (Phi) is 2.46. The summed E-state index contributed by atoms with van der Waals surface area (Å²) >= 11 is 0. The number of aromatic nitrogens is 1. The number of hydrogen-bond donors (Lipinski definition) is 1. The second-order valence-electron chi connectivity index (χ2n) is 4.22. The number of hydrogen-bond acceptors (Lipinski definition) is 3. The van der Waals surface area contributed by atoms with Crippen LogP contribution in [0.5, 0.6) is 0 Å². The molecule has 1 heterocycles. The molecule has 1 aliphatic rings. The normalized spacial score (nSPS) is 15.2. The van der Waals surface area contributed by atoms with Gasteiger partial charge in [-0.1, -0.05) is 24.3 Å². The van der Waals surface area contributed by atoms with Crippen molar-refractivity contribution in [3.05, 3.63) is 53.7 Å². The van der Waals surface area contributed by atoms with Crippen LogP contribution in [0.3, 0.4) is 0 Å². The Hall–Kier alpha value is -1.61. The summed E-state index contributed by atoms with van der Waals surface area (Å²) in [4.78, 5) is 3.90. The number of nitrogens with one attached hydrogen (secondary N) is 1. The summed E-state index contributed by atoms with van der Waals surface area (Å²) in [5.41, 5.74) is 2.94. The molecule has 0 atom stereocenters. The highest BCUT2D eigenvalue weighted by Crippen LogP contribution is 2.21. The summed E-state index contributed by atoms with van der Waals surface area (Å²) < 4.78 is 5.20. The van der Waals surface area contributed by atoms with Gasteiger partial charge in [0.2, 0.25) is 0 Å². The van der Waals surface area contributed by atoms with Gasteiger partial charge in [0.25, 0.3) is 0 Å². The van der Waals surface area contributed by atoms with Crippen LogP contribution in [0.1, 0.15) is 16.9 Å². The SMILES string of the molecule is c1ccc2c(c1)CC(NCc1cnco1)C2. The Balaban J connectivity index is 1.60. The number of rotatable bonds is 3. The Morgan fingerprint density at radius 1 is 1.25 bits per heavy atom. The first-order valence-electron chi connectivity index (χ1n) is 5.59. The maximum atomic E-state index is 5.20. The fraction of sp³-hybridized carbons (Fsp3) is 0.308. The highest BCUT2D eigenvalue weighted by atomic mass is 16.3. The Morgan fingerprint density at radius 2 is 2.00 bits per heavy atom. The van der Waals surface area contributed by atoms with Crippen LogP contribution in [-0.2, 0) is 19.4 Å². The maximum absolute atomic E-state index is 5.20. The van der Waals surface area contributed by atoms with E-state index in [4.69, 9.17) is 4.42 Å². The van der Waals surface area contributed by atoms with Gasteiger partial charge < -0.3 is 9.73 Å². The number of benzene rings is 1. The molecule has 0 radical (unpaired) electrons. The third-order valence-corrected chi connectivity index (χ3v) is 3.10. The quantitative estimate of drug-likeness (QED) is 0.848. The van der Waals surface area contributed by atoms with E-state index >= 15 is 0 Å². The number of nitrogens with zero attached hydrogens (tertiary/aromatic N) is 1. The van der Waals surface area contributed by atoms with Crippen LogP contribution in [0.15, 0.2) is 41.3 Å². The molecular formula is C13H14N2O. The molecule has 0 spiro atoms. The van der Waals surface area contributed by atoms with Crippen LogP contribution in [0.25, 0.3) is 0 Å². The van der Waals surface area contributed by atoms with Gasteiger partial charge in [0.15, 0.2) is 6.39 Å². The summed E-state index contributed by atoms with van der Waals surface area (Å²) in [6.45, 7) is 0.763. The van der Waals surface area contributed by atoms with E-state index in [0.29, 0.717) is 6.04 Å². The van der Waals surface area contributed by atoms with E-state index in [1.165, 1.54) is 17.5 Å². The molecule has 16 heavy (non-hydrogen) atoms. The van der Waals surface area contributed by atoms with E-state index < -0.39 is 0 Å². The second-order valence-corrected chi connectivity index (χ2v) is 4.22. The van der Waals surface area contributed by atoms with Crippen molar-refractivity contribution in [3.8, 4) is 0 Å². The highest BCUT2D eigenvalue weighted by Gasteiger charge is 2.20. The fourth-order valence-electron chi connectivity index (χ4n) is 2.28. The first-order chi connectivity index (χ1) is 7.92. The van der Waals surface area contributed by atoms with Gasteiger partial charge in [-0.15, -0.1) is 0 Å². The molecule has 0 amide bonds. The predicted octanol–water partition coefficient (Wildman–Crippen LogP) is 1.93. The molecule has 0 fully saturated rings. The van der Waals surface area contributed by atoms with Crippen LogP contribution in [0.4, 0.5) is 0 Å². The van der Waals surface area contributed by atoms with Crippen molar-refractivity contribution in [1.82, 2.24) is 10.3 Å². The van der Waals surface area contributed by atoms with Crippen LogP contribution < -0.4 is 5.32 Å². The third kappa shape index (κ3) is 1.86. The molecule has 3 heteroatoms. The summed E-state index contributed by atoms with van der Waals surface area (Å²) in [6.07, 6.45) is 5.46. The third-order valence-electron chi connectivity index (χ3n) is 3.10. The van der Waals surface area contributed by atoms with Crippen molar-refractivity contribution >= 4 is 0 Å². The molecule has 0 aliphatic heterocycles. The average Bonchev–Trinajstić information content (AvgIpc) is 2.95. The lowest BCUT2D eigenvalue weighted by molar-refractivity contribution is 0.447. The van der Waals surface area contributed by atoms with Gasteiger partial charge in [-0.05, 0) is 24.0 Å². The fourth-order valence-corrected chi connectivity index (χ4v) is 2.28. The minimum absolute atomic E-state index is 0.530. The molecule has 1 aliphatic carbocycles. The molecule has 82 valence electrons. The zero-order valence-electron chi connectivity index (χ0n) is 9.02. The first kappa shape index (κ1) is 9.60. The van der Waals surface area contributed by atoms with Gasteiger partial charge in [-0.3, -0.25) is 0 Å². The monoisotopic (exact) mass is 214 g/mol. The average molecular weight is 214 g/mol. The Morgan fingerprint density at radius 3 is 2.62 bits per heavy atom. The van der Waals surface area contributed by atoms with Crippen molar-refractivity contribution in [1.29, 1.82) is 0 Å². The lowest BCUT2D eigenvalue weighted by atomic mass is 10.1. The molecule has 0 saturated carbocycles. The molecule has 0 unspecified atom stereocenters. The minimum Gasteiger partial charge on any atom is -0.447 e. The predicted molar refractivity (Wildman–Crippen MR) is 61.0 cm³/mol. The van der Waals surface area contributed by atoms with E-state index in [-0.39, 0.29) is 0 Å². The van der Waals surface area contributed by atoms with Gasteiger partial charge in [-0.25, -0.2) is 4.98 Å². The minimum atomic E-state index is 0.530. The van der Waals surface area contributed by atoms with Crippen molar-refractivity contribution in [2.45, 2.75) is 25.4 Å². The van der Waals surface area contributed by atoms with Gasteiger partial charge in [-0.2, -0.15) is 0 Å². The van der Waals surface area contributed by atoms with E-state index in [1.54, 1.807) is 6.20 Å². The molecule has 1 aromatic heterocycles. The standard InChI is InChI=1S/C13H14N2O/c1-2-4-11-6-12(5-10(11)3-1)15-8-13-7-14-9-16-13/h1-4,7,9,12,15H,5-6,8H2. The topological polar surface area (TPSA) is 38.1 Å². The molecule has 3 rings (SSSR count). The van der Waals surface area contributed by atoms with Crippen molar-refractivity contribution in [2.75, 3.05) is 0 Å². The summed E-state index contributed by atoms with van der Waals surface area (Å²) in [7, 11) is 0. The van der Waals surface area contributed by atoms with E-state index in [0.717, 1.165) is 25.1 Å². The molecular weight excluding hydrogens is 200 g/mol. The largest absolute Gasteiger partial charge is 0.447 e. The van der Waals surface area contributed by atoms with Crippen LogP contribution >= 0.6 is 0 Å². The smallest absolute Gasteiger partial charge is 0.180 e. The van der Waals surface area contributed by atoms with Gasteiger partial charge in [0.1, 0.15) is 5.76 Å². The molecule has 1 aromatic carbocycles. The van der Waals surface area contributed by atoms with Crippen molar-refractivity contribution in [3.63, 3.8) is 0 Å². The van der Waals surface area contributed by atoms with E-state index in [9.17, 15) is 0 Å². The zero-order chi connectivity index (χ0) is 10.8. The summed E-state index contributed by atoms with van der Waals surface area (Å²) in [5.74, 6) is 0.899. The molecule has 3 nitrogen and oxygen atoms in total. The summed E-state index contributed by atoms with van der Waals surface area (Å²) in [5, 5.41) is 3.50. The second kappa shape index (κ2) is 4.10. The van der Waals surface area contributed by atoms with E-state index in [1.807, 2.05) is 0 Å². The Bertz CT molecular complexity index is 440. The lowest BCUT2D eigenvalue weighted by Crippen LogP contribution is -2.28. The zero-order valence-corrected chi connectivity index (χ0v) is 9.02. The van der Waals surface area contributed by atoms with Crippen molar-refractivity contribution in [2.24, 2.45) is 0 Å². The van der Waals surface area contributed by atoms with Crippen LogP contribution in [0.2, 0.25) is 0 Å². The van der Waals surface area contributed by atoms with Gasteiger partial charge >= 0.3 is 0 Å². The first-order valence-corrected chi connectivity index (χ1v) is 5.59. The summed E-state index contributed by atoms with van der Waals surface area (Å²) in [6, 6.07) is 9.18. The number of oxazole rings is 1. The van der Waals surface area contributed by atoms with Crippen LogP contribution in [-0.4, -0.2) is 11.0 Å².